The molecular formula is C19H22FN2O2S+. The summed E-state index contributed by atoms with van der Waals surface area (Å²) in [5.41, 5.74) is 2.98. The summed E-state index contributed by atoms with van der Waals surface area (Å²) in [6.45, 7) is 3.87. The van der Waals surface area contributed by atoms with Crippen LogP contribution >= 0.6 is 0 Å². The van der Waals surface area contributed by atoms with Gasteiger partial charge in [-0.25, -0.2) is 12.8 Å². The number of quaternary nitrogens is 1. The lowest BCUT2D eigenvalue weighted by atomic mass is 9.89. The van der Waals surface area contributed by atoms with Crippen molar-refractivity contribution in [1.29, 1.82) is 0 Å². The van der Waals surface area contributed by atoms with Gasteiger partial charge in [-0.1, -0.05) is 23.8 Å². The quantitative estimate of drug-likeness (QED) is 0.885. The van der Waals surface area contributed by atoms with Crippen LogP contribution < -0.4 is 9.21 Å². The number of likely N-dealkylation sites (N-methyl/N-ethyl adjacent to an activating group) is 1. The summed E-state index contributed by atoms with van der Waals surface area (Å²) < 4.78 is 41.8. The topological polar surface area (TPSA) is 41.8 Å². The highest BCUT2D eigenvalue weighted by Crippen LogP contribution is 2.45. The molecule has 2 aliphatic rings. The lowest BCUT2D eigenvalue weighted by molar-refractivity contribution is -0.886. The molecule has 2 aromatic rings. The van der Waals surface area contributed by atoms with E-state index in [1.807, 2.05) is 19.1 Å². The fourth-order valence-corrected chi connectivity index (χ4v) is 5.98. The van der Waals surface area contributed by atoms with Crippen LogP contribution in [0.4, 0.5) is 10.1 Å². The van der Waals surface area contributed by atoms with E-state index in [1.54, 1.807) is 4.31 Å². The van der Waals surface area contributed by atoms with Crippen LogP contribution in [0, 0.1) is 12.7 Å². The Labute approximate surface area is 147 Å². The fourth-order valence-electron chi connectivity index (χ4n) is 4.21. The number of aryl methyl sites for hydroxylation is 1. The van der Waals surface area contributed by atoms with Gasteiger partial charge in [-0.3, -0.25) is 4.31 Å². The average Bonchev–Trinajstić information content (AvgIpc) is 2.88. The van der Waals surface area contributed by atoms with Gasteiger partial charge in [0, 0.05) is 6.42 Å². The minimum Gasteiger partial charge on any atom is -0.337 e. The van der Waals surface area contributed by atoms with E-state index in [4.69, 9.17) is 0 Å². The van der Waals surface area contributed by atoms with Crippen molar-refractivity contribution in [3.8, 4) is 0 Å². The van der Waals surface area contributed by atoms with Gasteiger partial charge in [0.2, 0.25) is 0 Å². The number of nitrogens with zero attached hydrogens (tertiary/aromatic N) is 1. The maximum Gasteiger partial charge on any atom is 0.264 e. The first kappa shape index (κ1) is 16.5. The first-order chi connectivity index (χ1) is 11.9. The molecule has 0 aromatic heterocycles. The van der Waals surface area contributed by atoms with E-state index in [-0.39, 0.29) is 16.9 Å². The second-order valence-electron chi connectivity index (χ2n) is 7.19. The van der Waals surface area contributed by atoms with Crippen molar-refractivity contribution in [3.63, 3.8) is 0 Å². The second-order valence-corrected chi connectivity index (χ2v) is 9.01. The van der Waals surface area contributed by atoms with Crippen LogP contribution in [-0.4, -0.2) is 34.6 Å². The fraction of sp³-hybridized carbons (Fsp3) is 0.368. The molecule has 0 spiro atoms. The number of hydrogen-bond donors (Lipinski definition) is 1. The third kappa shape index (κ3) is 2.64. The van der Waals surface area contributed by atoms with Crippen LogP contribution in [0.25, 0.3) is 0 Å². The SMILES string of the molecule is Cc1ccc2c(c1)[C@@H]1C[NH+](C)CC[C@@H]1N2S(=O)(=O)c1cccc(F)c1. The Morgan fingerprint density at radius 1 is 1.20 bits per heavy atom. The van der Waals surface area contributed by atoms with Gasteiger partial charge in [0.05, 0.1) is 42.7 Å². The molecule has 1 unspecified atom stereocenters. The van der Waals surface area contributed by atoms with Crippen LogP contribution in [-0.2, 0) is 10.0 Å². The van der Waals surface area contributed by atoms with E-state index in [9.17, 15) is 12.8 Å². The highest BCUT2D eigenvalue weighted by molar-refractivity contribution is 7.92. The molecule has 0 radical (unpaired) electrons. The average molecular weight is 361 g/mol. The van der Waals surface area contributed by atoms with Gasteiger partial charge in [-0.05, 0) is 36.8 Å². The lowest BCUT2D eigenvalue weighted by Gasteiger charge is -2.34. The molecule has 4 nitrogen and oxygen atoms in total. The first-order valence-corrected chi connectivity index (χ1v) is 10.0. The summed E-state index contributed by atoms with van der Waals surface area (Å²) in [7, 11) is -1.64. The normalized spacial score (nSPS) is 25.6. The molecule has 0 saturated carbocycles. The third-order valence-corrected chi connectivity index (χ3v) is 7.21. The minimum absolute atomic E-state index is 0.0194. The number of hydrogen-bond acceptors (Lipinski definition) is 2. The van der Waals surface area contributed by atoms with E-state index in [0.29, 0.717) is 0 Å². The molecule has 6 heteroatoms. The molecule has 4 rings (SSSR count). The van der Waals surface area contributed by atoms with Gasteiger partial charge < -0.3 is 4.90 Å². The maximum absolute atomic E-state index is 13.6. The maximum atomic E-state index is 13.6. The van der Waals surface area contributed by atoms with Crippen LogP contribution in [0.1, 0.15) is 23.5 Å². The summed E-state index contributed by atoms with van der Waals surface area (Å²) in [4.78, 5) is 1.43. The Hall–Kier alpha value is -1.92. The van der Waals surface area contributed by atoms with Crippen molar-refractivity contribution in [2.24, 2.45) is 0 Å². The number of piperidine rings is 1. The zero-order valence-corrected chi connectivity index (χ0v) is 15.2. The Balaban J connectivity index is 1.87. The van der Waals surface area contributed by atoms with Gasteiger partial charge in [-0.15, -0.1) is 0 Å². The first-order valence-electron chi connectivity index (χ1n) is 8.60. The monoisotopic (exact) mass is 361 g/mol. The van der Waals surface area contributed by atoms with Crippen molar-refractivity contribution >= 4 is 15.7 Å². The molecule has 1 N–H and O–H groups in total. The third-order valence-electron chi connectivity index (χ3n) is 5.37. The van der Waals surface area contributed by atoms with Gasteiger partial charge in [0.15, 0.2) is 0 Å². The van der Waals surface area contributed by atoms with Crippen molar-refractivity contribution in [1.82, 2.24) is 0 Å². The summed E-state index contributed by atoms with van der Waals surface area (Å²) in [6, 6.07) is 11.2. The molecule has 1 saturated heterocycles. The van der Waals surface area contributed by atoms with Gasteiger partial charge in [-0.2, -0.15) is 0 Å². The largest absolute Gasteiger partial charge is 0.337 e. The predicted octanol–water partition coefficient (Wildman–Crippen LogP) is 1.71. The summed E-state index contributed by atoms with van der Waals surface area (Å²) in [5.74, 6) is -0.347. The predicted molar refractivity (Wildman–Crippen MR) is 95.0 cm³/mol. The zero-order valence-electron chi connectivity index (χ0n) is 14.4. The molecule has 3 atom stereocenters. The molecule has 2 aromatic carbocycles. The highest BCUT2D eigenvalue weighted by atomic mass is 32.2. The Morgan fingerprint density at radius 2 is 2.00 bits per heavy atom. The van der Waals surface area contributed by atoms with Crippen LogP contribution in [0.5, 0.6) is 0 Å². The van der Waals surface area contributed by atoms with Crippen LogP contribution in [0.15, 0.2) is 47.4 Å². The number of rotatable bonds is 2. The Bertz CT molecular complexity index is 929. The summed E-state index contributed by atoms with van der Waals surface area (Å²) >= 11 is 0. The molecule has 2 heterocycles. The number of fused-ring (bicyclic) bond motifs is 3. The minimum atomic E-state index is -3.79. The molecule has 2 aliphatic heterocycles. The molecule has 1 fully saturated rings. The standard InChI is InChI=1S/C19H21FN2O2S/c1-13-6-7-18-16(10-13)17-12-21(2)9-8-19(17)22(18)25(23,24)15-5-3-4-14(20)11-15/h3-7,10-11,17,19H,8-9,12H2,1-2H3/p+1/t17-,19-/m0/s1. The van der Waals surface area contributed by atoms with Gasteiger partial charge in [0.25, 0.3) is 10.0 Å². The van der Waals surface area contributed by atoms with Crippen molar-refractivity contribution < 1.29 is 17.7 Å². The summed E-state index contributed by atoms with van der Waals surface area (Å²) in [5, 5.41) is 0. The van der Waals surface area contributed by atoms with Gasteiger partial charge >= 0.3 is 0 Å². The number of halogens is 1. The Morgan fingerprint density at radius 3 is 2.76 bits per heavy atom. The molecular weight excluding hydrogens is 339 g/mol. The second kappa shape index (κ2) is 5.81. The van der Waals surface area contributed by atoms with Crippen LogP contribution in [0.3, 0.4) is 0 Å². The molecule has 0 bridgehead atoms. The van der Waals surface area contributed by atoms with Crippen LogP contribution in [0.2, 0.25) is 0 Å². The van der Waals surface area contributed by atoms with E-state index >= 15 is 0 Å². The van der Waals surface area contributed by atoms with Gasteiger partial charge in [0.1, 0.15) is 5.82 Å². The number of likely N-dealkylation sites (tertiary alicyclic amines) is 1. The summed E-state index contributed by atoms with van der Waals surface area (Å²) in [6.07, 6.45) is 0.804. The lowest BCUT2D eigenvalue weighted by Crippen LogP contribution is -3.11. The van der Waals surface area contributed by atoms with Crippen molar-refractivity contribution in [3.05, 3.63) is 59.4 Å². The van der Waals surface area contributed by atoms with Crippen molar-refractivity contribution in [2.45, 2.75) is 30.2 Å². The van der Waals surface area contributed by atoms with Crippen molar-refractivity contribution in [2.75, 3.05) is 24.4 Å². The molecule has 132 valence electrons. The number of nitrogens with one attached hydrogen (secondary N) is 1. The van der Waals surface area contributed by atoms with E-state index < -0.39 is 15.8 Å². The van der Waals surface area contributed by atoms with E-state index in [0.717, 1.165) is 42.4 Å². The zero-order chi connectivity index (χ0) is 17.8. The van der Waals surface area contributed by atoms with E-state index in [2.05, 4.69) is 13.1 Å². The smallest absolute Gasteiger partial charge is 0.264 e. The highest BCUT2D eigenvalue weighted by Gasteiger charge is 2.48. The number of anilines is 1. The van der Waals surface area contributed by atoms with E-state index in [1.165, 1.54) is 23.1 Å². The Kier molecular flexibility index (Phi) is 3.85. The molecule has 0 amide bonds. The number of sulfonamides is 1. The molecule has 0 aliphatic carbocycles. The number of benzene rings is 2. The molecule has 25 heavy (non-hydrogen) atoms.